The first-order chi connectivity index (χ1) is 4.81. The molecular weight excluding hydrogens is 135 g/mol. The van der Waals surface area contributed by atoms with Gasteiger partial charge in [0.25, 0.3) is 0 Å². The molecule has 0 aromatic carbocycles. The molecule has 0 heterocycles. The van der Waals surface area contributed by atoms with Crippen molar-refractivity contribution in [2.24, 2.45) is 0 Å². The van der Waals surface area contributed by atoms with Crippen LogP contribution < -0.4 is 0 Å². The average Bonchev–Trinajstić information content (AvgIpc) is 1.97. The molecule has 0 radical (unpaired) electrons. The molecule has 10 heavy (non-hydrogen) atoms. The van der Waals surface area contributed by atoms with Gasteiger partial charge in [-0.2, -0.15) is 0 Å². The third kappa shape index (κ3) is 5.28. The number of halogens is 1. The highest BCUT2D eigenvalue weighted by Crippen LogP contribution is 1.84. The van der Waals surface area contributed by atoms with Crippen LogP contribution in [-0.4, -0.2) is 19.3 Å². The van der Waals surface area contributed by atoms with E-state index in [0.29, 0.717) is 6.61 Å². The van der Waals surface area contributed by atoms with E-state index in [0.717, 1.165) is 18.6 Å². The van der Waals surface area contributed by atoms with Crippen molar-refractivity contribution < 1.29 is 13.9 Å². The lowest BCUT2D eigenvalue weighted by Gasteiger charge is -1.95. The third-order valence-electron chi connectivity index (χ3n) is 0.791. The van der Waals surface area contributed by atoms with E-state index in [2.05, 4.69) is 4.74 Å². The lowest BCUT2D eigenvalue weighted by molar-refractivity contribution is -0.137. The van der Waals surface area contributed by atoms with E-state index >= 15 is 0 Å². The molecule has 0 aromatic rings. The van der Waals surface area contributed by atoms with Crippen molar-refractivity contribution in [2.45, 2.75) is 13.3 Å². The van der Waals surface area contributed by atoms with Crippen LogP contribution in [0.5, 0.6) is 0 Å². The highest BCUT2D eigenvalue weighted by atomic mass is 19.1. The predicted molar refractivity (Wildman–Crippen MR) is 36.4 cm³/mol. The summed E-state index contributed by atoms with van der Waals surface area (Å²) in [7, 11) is 0. The van der Waals surface area contributed by atoms with Crippen LogP contribution in [-0.2, 0) is 9.53 Å². The number of rotatable bonds is 4. The first kappa shape index (κ1) is 9.14. The van der Waals surface area contributed by atoms with Crippen LogP contribution >= 0.6 is 0 Å². The second-order valence-corrected chi connectivity index (χ2v) is 1.72. The number of carbonyl (C=O) groups is 1. The summed E-state index contributed by atoms with van der Waals surface area (Å²) in [5.41, 5.74) is 0. The Hall–Kier alpha value is -0.860. The van der Waals surface area contributed by atoms with Gasteiger partial charge in [-0.1, -0.05) is 6.92 Å². The minimum Gasteiger partial charge on any atom is -0.463 e. The van der Waals surface area contributed by atoms with Gasteiger partial charge < -0.3 is 4.74 Å². The van der Waals surface area contributed by atoms with E-state index in [1.807, 2.05) is 6.92 Å². The quantitative estimate of drug-likeness (QED) is 0.443. The maximum Gasteiger partial charge on any atom is 0.330 e. The van der Waals surface area contributed by atoms with Crippen molar-refractivity contribution in [1.82, 2.24) is 0 Å². The van der Waals surface area contributed by atoms with Crippen LogP contribution in [0.2, 0.25) is 0 Å². The van der Waals surface area contributed by atoms with Gasteiger partial charge in [-0.05, 0) is 12.5 Å². The van der Waals surface area contributed by atoms with Gasteiger partial charge in [-0.25, -0.2) is 9.18 Å². The van der Waals surface area contributed by atoms with E-state index in [-0.39, 0.29) is 0 Å². The molecule has 0 aliphatic carbocycles. The van der Waals surface area contributed by atoms with Crippen molar-refractivity contribution in [1.29, 1.82) is 0 Å². The summed E-state index contributed by atoms with van der Waals surface area (Å²) in [5, 5.41) is 0. The van der Waals surface area contributed by atoms with Crippen molar-refractivity contribution in [2.75, 3.05) is 13.3 Å². The molecule has 0 saturated heterocycles. The molecule has 0 aliphatic heterocycles. The Morgan fingerprint density at radius 3 is 2.90 bits per heavy atom. The molecule has 0 saturated carbocycles. The van der Waals surface area contributed by atoms with Gasteiger partial charge in [0.1, 0.15) is 6.67 Å². The molecule has 0 spiro atoms. The van der Waals surface area contributed by atoms with Crippen molar-refractivity contribution in [3.8, 4) is 0 Å². The Morgan fingerprint density at radius 2 is 2.40 bits per heavy atom. The highest BCUT2D eigenvalue weighted by molar-refractivity contribution is 5.81. The monoisotopic (exact) mass is 146 g/mol. The Labute approximate surface area is 59.7 Å². The van der Waals surface area contributed by atoms with Crippen molar-refractivity contribution in [3.63, 3.8) is 0 Å². The minimum absolute atomic E-state index is 0.398. The van der Waals surface area contributed by atoms with Gasteiger partial charge >= 0.3 is 5.97 Å². The van der Waals surface area contributed by atoms with Gasteiger partial charge in [0.2, 0.25) is 0 Å². The van der Waals surface area contributed by atoms with Crippen molar-refractivity contribution >= 4 is 5.97 Å². The molecule has 3 heteroatoms. The van der Waals surface area contributed by atoms with Gasteiger partial charge in [-0.3, -0.25) is 0 Å². The van der Waals surface area contributed by atoms with E-state index in [1.54, 1.807) is 0 Å². The Morgan fingerprint density at radius 1 is 1.70 bits per heavy atom. The smallest absolute Gasteiger partial charge is 0.330 e. The minimum atomic E-state index is -0.624. The van der Waals surface area contributed by atoms with Gasteiger partial charge in [-0.15, -0.1) is 0 Å². The highest BCUT2D eigenvalue weighted by Gasteiger charge is 1.92. The van der Waals surface area contributed by atoms with E-state index in [9.17, 15) is 9.18 Å². The zero-order chi connectivity index (χ0) is 7.82. The molecule has 2 nitrogen and oxygen atoms in total. The molecular formula is C7H11FO2. The van der Waals surface area contributed by atoms with Gasteiger partial charge in [0.05, 0.1) is 6.61 Å². The number of allylic oxidation sites excluding steroid dienone is 1. The summed E-state index contributed by atoms with van der Waals surface area (Å²) in [6.07, 6.45) is 3.00. The Bertz CT molecular complexity index is 121. The summed E-state index contributed by atoms with van der Waals surface area (Å²) >= 11 is 0. The summed E-state index contributed by atoms with van der Waals surface area (Å²) < 4.78 is 16.0. The molecule has 0 aromatic heterocycles. The first-order valence-corrected chi connectivity index (χ1v) is 3.20. The summed E-state index contributed by atoms with van der Waals surface area (Å²) in [6.45, 7) is 1.67. The maximum absolute atomic E-state index is 11.4. The second kappa shape index (κ2) is 6.26. The van der Waals surface area contributed by atoms with E-state index < -0.39 is 12.6 Å². The van der Waals surface area contributed by atoms with Gasteiger partial charge in [0, 0.05) is 6.08 Å². The molecule has 0 N–H and O–H groups in total. The summed E-state index contributed by atoms with van der Waals surface area (Å²) in [5.74, 6) is -0.473. The standard InChI is InChI=1S/C7H11FO2/c1-2-6-10-7(9)4-3-5-8/h3-4H,2,5-6H2,1H3/b4-3+. The number of ether oxygens (including phenoxy) is 1. The fourth-order valence-electron chi connectivity index (χ4n) is 0.392. The van der Waals surface area contributed by atoms with Crippen LogP contribution in [0.3, 0.4) is 0 Å². The predicted octanol–water partition coefficient (Wildman–Crippen LogP) is 1.47. The second-order valence-electron chi connectivity index (χ2n) is 1.72. The number of alkyl halides is 1. The number of hydrogen-bond acceptors (Lipinski definition) is 2. The Balaban J connectivity index is 3.34. The van der Waals surface area contributed by atoms with Gasteiger partial charge in [0.15, 0.2) is 0 Å². The zero-order valence-electron chi connectivity index (χ0n) is 5.97. The maximum atomic E-state index is 11.4. The average molecular weight is 146 g/mol. The fraction of sp³-hybridized carbons (Fsp3) is 0.571. The first-order valence-electron chi connectivity index (χ1n) is 3.20. The molecule has 0 unspecified atom stereocenters. The van der Waals surface area contributed by atoms with Crippen LogP contribution in [0.25, 0.3) is 0 Å². The molecule has 0 rings (SSSR count). The molecule has 0 bridgehead atoms. The Kier molecular flexibility index (Phi) is 5.72. The number of carbonyl (C=O) groups excluding carboxylic acids is 1. The van der Waals surface area contributed by atoms with Crippen LogP contribution in [0.4, 0.5) is 4.39 Å². The largest absolute Gasteiger partial charge is 0.463 e. The topological polar surface area (TPSA) is 26.3 Å². The lowest BCUT2D eigenvalue weighted by Crippen LogP contribution is -2.00. The number of hydrogen-bond donors (Lipinski definition) is 0. The zero-order valence-corrected chi connectivity index (χ0v) is 5.97. The van der Waals surface area contributed by atoms with E-state index in [1.165, 1.54) is 0 Å². The molecule has 0 amide bonds. The fourth-order valence-corrected chi connectivity index (χ4v) is 0.392. The molecule has 0 fully saturated rings. The summed E-state index contributed by atoms with van der Waals surface area (Å²) in [4.78, 5) is 10.5. The van der Waals surface area contributed by atoms with Crippen LogP contribution in [0.15, 0.2) is 12.2 Å². The van der Waals surface area contributed by atoms with Crippen LogP contribution in [0.1, 0.15) is 13.3 Å². The molecule has 0 atom stereocenters. The normalized spacial score (nSPS) is 10.2. The number of esters is 1. The van der Waals surface area contributed by atoms with Crippen LogP contribution in [0, 0.1) is 0 Å². The summed E-state index contributed by atoms with van der Waals surface area (Å²) in [6, 6.07) is 0. The lowest BCUT2D eigenvalue weighted by atomic mass is 10.5. The SMILES string of the molecule is CCCOC(=O)/C=C/CF. The van der Waals surface area contributed by atoms with Crippen molar-refractivity contribution in [3.05, 3.63) is 12.2 Å². The molecule has 0 aliphatic rings. The third-order valence-corrected chi connectivity index (χ3v) is 0.791. The molecule has 58 valence electrons. The van der Waals surface area contributed by atoms with E-state index in [4.69, 9.17) is 0 Å².